The Labute approximate surface area is 534 Å². The molecule has 11 N–H and O–H groups in total. The molecule has 0 aliphatic rings. The Morgan fingerprint density at radius 1 is 0.316 bits per heavy atom. The lowest BCUT2D eigenvalue weighted by molar-refractivity contribution is -0.761. The summed E-state index contributed by atoms with van der Waals surface area (Å²) in [5.41, 5.74) is -5.76. The maximum atomic E-state index is 12.7. The van der Waals surface area contributed by atoms with E-state index in [2.05, 4.69) is 46.0 Å². The van der Waals surface area contributed by atoms with E-state index in [1.165, 1.54) is 0 Å². The average Bonchev–Trinajstić information content (AvgIpc) is 0.827. The smallest absolute Gasteiger partial charge is 0.339 e. The Morgan fingerprint density at radius 3 is 0.895 bits per heavy atom. The third kappa shape index (κ3) is 17.8. The van der Waals surface area contributed by atoms with E-state index in [1.54, 1.807) is 0 Å². The van der Waals surface area contributed by atoms with Crippen molar-refractivity contribution in [2.75, 3.05) is 0 Å². The first-order chi connectivity index (χ1) is 44.2. The molecule has 0 heterocycles. The fourth-order valence-corrected chi connectivity index (χ4v) is 12.2. The highest BCUT2D eigenvalue weighted by Crippen LogP contribution is 2.37. The number of hydrogen-bond acceptors (Lipinski definition) is 25. The van der Waals surface area contributed by atoms with Crippen molar-refractivity contribution in [1.82, 2.24) is 0 Å². The molecule has 0 saturated carbocycles. The maximum Gasteiger partial charge on any atom is 0.339 e. The highest BCUT2D eigenvalue weighted by Gasteiger charge is 2.25. The molecule has 0 saturated heterocycles. The summed E-state index contributed by atoms with van der Waals surface area (Å²) in [6.07, 6.45) is 3.88. The molecule has 41 heteroatoms. The van der Waals surface area contributed by atoms with Gasteiger partial charge in [-0.15, -0.1) is 10.2 Å². The summed E-state index contributed by atoms with van der Waals surface area (Å²) in [6.45, 7) is 0. The van der Waals surface area contributed by atoms with Crippen molar-refractivity contribution in [3.8, 4) is 11.5 Å². The van der Waals surface area contributed by atoms with Crippen LogP contribution in [0.25, 0.3) is 24.3 Å². The van der Waals surface area contributed by atoms with Crippen molar-refractivity contribution >= 4 is 154 Å². The molecule has 490 valence electrons. The molecule has 8 aromatic carbocycles. The van der Waals surface area contributed by atoms with Crippen LogP contribution in [-0.4, -0.2) is 120 Å². The second kappa shape index (κ2) is 27.3. The minimum absolute atomic E-state index is 0.0145. The van der Waals surface area contributed by atoms with Crippen molar-refractivity contribution in [3.63, 3.8) is 0 Å². The second-order valence-electron chi connectivity index (χ2n) is 18.9. The Balaban J connectivity index is 1.01. The van der Waals surface area contributed by atoms with Gasteiger partial charge in [-0.25, -0.2) is 9.59 Å². The zero-order valence-corrected chi connectivity index (χ0v) is 51.6. The van der Waals surface area contributed by atoms with Gasteiger partial charge < -0.3 is 20.4 Å². The highest BCUT2D eigenvalue weighted by molar-refractivity contribution is 7.87. The van der Waals surface area contributed by atoms with Crippen molar-refractivity contribution in [2.24, 2.45) is 46.0 Å². The van der Waals surface area contributed by atoms with Gasteiger partial charge in [-0.3, -0.25) is 32.5 Å². The van der Waals surface area contributed by atoms with Crippen LogP contribution in [0.15, 0.2) is 221 Å². The van der Waals surface area contributed by atoms with Crippen LogP contribution < -0.4 is 0 Å². The number of hydrogen-bond donors (Lipinski definition) is 11. The molecule has 0 radical (unpaired) electrons. The number of benzene rings is 8. The Kier molecular flexibility index (Phi) is 20.1. The first-order valence-electron chi connectivity index (χ1n) is 25.3. The van der Waals surface area contributed by atoms with E-state index in [4.69, 9.17) is 0 Å². The molecule has 0 spiro atoms. The summed E-state index contributed by atoms with van der Waals surface area (Å²) in [5.74, 6) is -4.20. The number of aromatic carboxylic acids is 2. The van der Waals surface area contributed by atoms with Crippen molar-refractivity contribution < 1.29 is 118 Å². The van der Waals surface area contributed by atoms with E-state index in [1.807, 2.05) is 0 Å². The molecule has 0 aromatic heterocycles. The molecule has 0 bridgehead atoms. The molecule has 35 nitrogen and oxygen atoms in total. The van der Waals surface area contributed by atoms with Gasteiger partial charge in [0.15, 0.2) is 0 Å². The number of azo groups is 5. The van der Waals surface area contributed by atoms with Gasteiger partial charge in [-0.2, -0.15) is 81.2 Å². The van der Waals surface area contributed by atoms with Gasteiger partial charge in [0.2, 0.25) is 0 Å². The van der Waals surface area contributed by atoms with Gasteiger partial charge in [-0.05, 0) is 138 Å². The fraction of sp³-hybridized carbons (Fsp3) is 0. The molecule has 95 heavy (non-hydrogen) atoms. The normalized spacial score (nSPS) is 13.1. The molecular formula is C54H39N10O25S6+. The van der Waals surface area contributed by atoms with E-state index >= 15 is 0 Å². The first-order valence-corrected chi connectivity index (χ1v) is 33.9. The van der Waals surface area contributed by atoms with Crippen LogP contribution >= 0.6 is 0 Å². The zero-order chi connectivity index (χ0) is 69.8. The van der Waals surface area contributed by atoms with Crippen LogP contribution in [0.5, 0.6) is 11.5 Å². The zero-order valence-electron chi connectivity index (χ0n) is 46.7. The van der Waals surface area contributed by atoms with Crippen LogP contribution in [0.2, 0.25) is 0 Å². The molecule has 8 rings (SSSR count). The highest BCUT2D eigenvalue weighted by atomic mass is 32.2. The van der Waals surface area contributed by atoms with Gasteiger partial charge in [0.1, 0.15) is 73.9 Å². The van der Waals surface area contributed by atoms with Crippen LogP contribution in [0.1, 0.15) is 43.0 Å². The second-order valence-corrected chi connectivity index (χ2v) is 27.3. The van der Waals surface area contributed by atoms with E-state index in [-0.39, 0.29) is 61.2 Å². The lowest BCUT2D eigenvalue weighted by Gasteiger charge is -2.06. The Morgan fingerprint density at radius 2 is 0.568 bits per heavy atom. The van der Waals surface area contributed by atoms with Crippen LogP contribution in [0.4, 0.5) is 56.9 Å². The number of rotatable bonds is 22. The van der Waals surface area contributed by atoms with Crippen LogP contribution in [0, 0.1) is 0 Å². The number of aromatic hydroxyl groups is 2. The van der Waals surface area contributed by atoms with Crippen molar-refractivity contribution in [2.45, 2.75) is 29.4 Å². The average molecular weight is 1420 g/mol. The third-order valence-corrected chi connectivity index (χ3v) is 17.8. The quantitative estimate of drug-likeness (QED) is 0.00987. The lowest BCUT2D eigenvalue weighted by Crippen LogP contribution is -2.04. The predicted octanol–water partition coefficient (Wildman–Crippen LogP) is 11.8. The summed E-state index contributed by atoms with van der Waals surface area (Å²) in [6, 6.07) is 23.5. The molecule has 8 aromatic rings. The van der Waals surface area contributed by atoms with Crippen molar-refractivity contribution in [3.05, 3.63) is 179 Å². The largest absolute Gasteiger partial charge is 0.507 e. The summed E-state index contributed by atoms with van der Waals surface area (Å²) in [7, 11) is -30.8. The summed E-state index contributed by atoms with van der Waals surface area (Å²) < 4.78 is 211. The van der Waals surface area contributed by atoms with Gasteiger partial charge >= 0.3 is 11.9 Å². The van der Waals surface area contributed by atoms with Crippen molar-refractivity contribution in [1.29, 1.82) is 0 Å². The number of phenols is 2. The van der Waals surface area contributed by atoms with Gasteiger partial charge in [0.25, 0.3) is 66.4 Å². The SMILES string of the molecule is O=C(O)c1cc(N=Nc2ccc(N=Nc3ccc(C=Cc4ccc(N=[N+](O)c5ccc(C=Cc6ccc(N=Nc7ccc(N=Nc8ccc(O)c(C(=O)O)c8)c(S(=O)(=O)O)c7)cc6S(=O)(=O)O)c(S(=O)(=O)O)c5)cc4S(=O)(=O)O)c(S(=O)(=O)O)c3)cc2S(=O)(=O)O)ccc1O. The monoisotopic (exact) mass is 1420 g/mol. The van der Waals surface area contributed by atoms with Gasteiger partial charge in [0.05, 0.1) is 39.2 Å². The standard InChI is InChI=1S/C54H38N10O25S6/c65-45-19-14-33(21-41(45)53(67)68)59-61-43-17-12-37(25-51(43)94(84,85)86)57-55-35-9-5-29(47(23-35)90(72,73)74)1-2-31-7-11-39(27-49(31)92(78,79)80)63-64(71)40-16-8-32(50(28-40)93(81,82)83)4-3-30-6-10-36(24-48(30)91(75,76)77)56-58-38-13-18-44(52(26-38)95(87,88)89)62-60-34-15-20-46(66)42(22-34)54(69)70/h1-28,71H,(H9,56,62,66,67,68,69,70,72,73,74,75,76,77,78,79,80,81,82,83,84,85,86,87,88,89)/p+1. The third-order valence-electron chi connectivity index (χ3n) is 12.4. The summed E-state index contributed by atoms with van der Waals surface area (Å²) in [4.78, 5) is 17.5. The number of nitrogens with zero attached hydrogens (tertiary/aromatic N) is 10. The van der Waals surface area contributed by atoms with Crippen LogP contribution in [-0.2, 0) is 60.7 Å². The topological polar surface area (TPSA) is 576 Å². The molecule has 0 aliphatic carbocycles. The molecule has 0 atom stereocenters. The lowest BCUT2D eigenvalue weighted by atomic mass is 10.1. The van der Waals surface area contributed by atoms with E-state index in [0.717, 1.165) is 158 Å². The first kappa shape index (κ1) is 69.9. The number of carboxylic acid groups (broad SMARTS) is 2. The molecule has 0 unspecified atom stereocenters. The fourth-order valence-electron chi connectivity index (χ4n) is 8.05. The number of carbonyl (C=O) groups is 2. The summed E-state index contributed by atoms with van der Waals surface area (Å²) >= 11 is 0. The molecule has 0 fully saturated rings. The van der Waals surface area contributed by atoms with E-state index in [9.17, 15) is 113 Å². The van der Waals surface area contributed by atoms with Gasteiger partial charge in [0, 0.05) is 12.1 Å². The van der Waals surface area contributed by atoms with E-state index in [0.29, 0.717) is 12.1 Å². The Bertz CT molecular complexity index is 5490. The molecular weight excluding hydrogens is 1380 g/mol. The van der Waals surface area contributed by atoms with E-state index < -0.39 is 147 Å². The van der Waals surface area contributed by atoms with Crippen LogP contribution in [0.3, 0.4) is 0 Å². The molecule has 0 amide bonds. The minimum Gasteiger partial charge on any atom is -0.507 e. The molecule has 0 aliphatic heterocycles. The predicted molar refractivity (Wildman–Crippen MR) is 326 cm³/mol. The minimum atomic E-state index is -5.24. The number of carboxylic acids is 2. The Hall–Kier alpha value is -11.0. The van der Waals surface area contributed by atoms with Gasteiger partial charge in [-0.1, -0.05) is 42.5 Å². The maximum absolute atomic E-state index is 12.7. The summed E-state index contributed by atoms with van der Waals surface area (Å²) in [5, 5.41) is 83.0.